The Morgan fingerprint density at radius 2 is 2.36 bits per heavy atom. The Hall–Kier alpha value is -1.17. The molecule has 1 N–H and O–H groups in total. The summed E-state index contributed by atoms with van der Waals surface area (Å²) in [7, 11) is 1.77. The van der Waals surface area contributed by atoms with E-state index in [0.717, 1.165) is 12.4 Å². The van der Waals surface area contributed by atoms with Crippen LogP contribution in [0, 0.1) is 6.92 Å². The first-order valence-corrected chi connectivity index (χ1v) is 5.19. The molecule has 78 valence electrons. The van der Waals surface area contributed by atoms with Gasteiger partial charge in [-0.15, -0.1) is 0 Å². The number of likely N-dealkylation sites (N-methyl/N-ethyl adjacent to an activating group) is 1. The zero-order chi connectivity index (χ0) is 10.6. The van der Waals surface area contributed by atoms with Gasteiger partial charge in [0, 0.05) is 25.1 Å². The van der Waals surface area contributed by atoms with Crippen LogP contribution >= 0.6 is 11.5 Å². The molecule has 6 heteroatoms. The summed E-state index contributed by atoms with van der Waals surface area (Å²) in [6.45, 7) is 4.75. The van der Waals surface area contributed by atoms with Crippen molar-refractivity contribution in [2.45, 2.75) is 13.8 Å². The second-order valence-corrected chi connectivity index (χ2v) is 3.66. The SMILES string of the molecule is CCN(C)C(=O)CNc1nc(C)ns1. The molecule has 1 rings (SSSR count). The summed E-state index contributed by atoms with van der Waals surface area (Å²) >= 11 is 1.27. The Kier molecular flexibility index (Phi) is 3.82. The Morgan fingerprint density at radius 3 is 2.86 bits per heavy atom. The molecule has 0 saturated carbocycles. The smallest absolute Gasteiger partial charge is 0.241 e. The van der Waals surface area contributed by atoms with Crippen molar-refractivity contribution in [3.8, 4) is 0 Å². The summed E-state index contributed by atoms with van der Waals surface area (Å²) in [5.41, 5.74) is 0. The molecule has 0 aliphatic carbocycles. The molecule has 0 atom stereocenters. The molecule has 14 heavy (non-hydrogen) atoms. The number of carbonyl (C=O) groups excluding carboxylic acids is 1. The summed E-state index contributed by atoms with van der Waals surface area (Å²) in [5.74, 6) is 0.786. The summed E-state index contributed by atoms with van der Waals surface area (Å²) in [4.78, 5) is 17.1. The van der Waals surface area contributed by atoms with Crippen LogP contribution in [-0.4, -0.2) is 40.3 Å². The maximum absolute atomic E-state index is 11.4. The number of nitrogens with zero attached hydrogens (tertiary/aromatic N) is 3. The molecule has 1 aromatic heterocycles. The molecule has 1 heterocycles. The van der Waals surface area contributed by atoms with E-state index in [4.69, 9.17) is 0 Å². The van der Waals surface area contributed by atoms with Crippen molar-refractivity contribution < 1.29 is 4.79 Å². The number of nitrogens with one attached hydrogen (secondary N) is 1. The van der Waals surface area contributed by atoms with Crippen LogP contribution in [0.1, 0.15) is 12.7 Å². The van der Waals surface area contributed by atoms with Crippen molar-refractivity contribution in [1.82, 2.24) is 14.3 Å². The molecular formula is C8H14N4OS. The van der Waals surface area contributed by atoms with Gasteiger partial charge in [-0.05, 0) is 13.8 Å². The van der Waals surface area contributed by atoms with Gasteiger partial charge in [0.05, 0.1) is 6.54 Å². The number of carbonyl (C=O) groups is 1. The first-order valence-electron chi connectivity index (χ1n) is 4.41. The van der Waals surface area contributed by atoms with Gasteiger partial charge in [-0.2, -0.15) is 4.37 Å². The van der Waals surface area contributed by atoms with E-state index in [1.165, 1.54) is 11.5 Å². The first kappa shape index (κ1) is 10.9. The minimum atomic E-state index is 0.0559. The van der Waals surface area contributed by atoms with Crippen LogP contribution in [0.25, 0.3) is 0 Å². The van der Waals surface area contributed by atoms with E-state index in [1.807, 2.05) is 13.8 Å². The van der Waals surface area contributed by atoms with Gasteiger partial charge >= 0.3 is 0 Å². The van der Waals surface area contributed by atoms with Crippen molar-refractivity contribution in [2.24, 2.45) is 0 Å². The number of aromatic nitrogens is 2. The fourth-order valence-corrected chi connectivity index (χ4v) is 1.40. The third-order valence-corrected chi connectivity index (χ3v) is 2.58. The number of anilines is 1. The molecule has 1 amide bonds. The number of amides is 1. The summed E-state index contributed by atoms with van der Waals surface area (Å²) in [6, 6.07) is 0. The minimum Gasteiger partial charge on any atom is -0.351 e. The van der Waals surface area contributed by atoms with E-state index in [2.05, 4.69) is 14.7 Å². The molecule has 5 nitrogen and oxygen atoms in total. The van der Waals surface area contributed by atoms with Crippen molar-refractivity contribution >= 4 is 22.6 Å². The Bertz CT molecular complexity index is 312. The van der Waals surface area contributed by atoms with E-state index in [-0.39, 0.29) is 12.5 Å². The standard InChI is InChI=1S/C8H14N4OS/c1-4-12(3)7(13)5-9-8-10-6(2)11-14-8/h4-5H2,1-3H3,(H,9,10,11). The second kappa shape index (κ2) is 4.90. The molecule has 0 aromatic carbocycles. The lowest BCUT2D eigenvalue weighted by atomic mass is 10.5. The van der Waals surface area contributed by atoms with Crippen molar-refractivity contribution in [3.05, 3.63) is 5.82 Å². The van der Waals surface area contributed by atoms with E-state index in [9.17, 15) is 4.79 Å². The van der Waals surface area contributed by atoms with Gasteiger partial charge in [0.25, 0.3) is 0 Å². The molecule has 0 fully saturated rings. The largest absolute Gasteiger partial charge is 0.351 e. The molecule has 0 spiro atoms. The Morgan fingerprint density at radius 1 is 1.64 bits per heavy atom. The zero-order valence-corrected chi connectivity index (χ0v) is 9.39. The molecule has 0 bridgehead atoms. The van der Waals surface area contributed by atoms with Crippen molar-refractivity contribution in [3.63, 3.8) is 0 Å². The van der Waals surface area contributed by atoms with Gasteiger partial charge < -0.3 is 10.2 Å². The third-order valence-electron chi connectivity index (χ3n) is 1.82. The number of rotatable bonds is 4. The van der Waals surface area contributed by atoms with Crippen LogP contribution in [-0.2, 0) is 4.79 Å². The maximum Gasteiger partial charge on any atom is 0.241 e. The lowest BCUT2D eigenvalue weighted by molar-refractivity contribution is -0.127. The fraction of sp³-hybridized carbons (Fsp3) is 0.625. The van der Waals surface area contributed by atoms with Crippen LogP contribution in [0.5, 0.6) is 0 Å². The predicted molar refractivity (Wildman–Crippen MR) is 56.4 cm³/mol. The van der Waals surface area contributed by atoms with Gasteiger partial charge in [0.1, 0.15) is 5.82 Å². The van der Waals surface area contributed by atoms with E-state index in [1.54, 1.807) is 11.9 Å². The van der Waals surface area contributed by atoms with Crippen LogP contribution in [0.2, 0.25) is 0 Å². The van der Waals surface area contributed by atoms with Gasteiger partial charge in [0.15, 0.2) is 0 Å². The molecular weight excluding hydrogens is 200 g/mol. The quantitative estimate of drug-likeness (QED) is 0.803. The molecule has 0 unspecified atom stereocenters. The fourth-order valence-electron chi connectivity index (χ4n) is 0.831. The number of hydrogen-bond donors (Lipinski definition) is 1. The molecule has 1 aromatic rings. The first-order chi connectivity index (χ1) is 6.63. The van der Waals surface area contributed by atoms with Crippen molar-refractivity contribution in [1.29, 1.82) is 0 Å². The average Bonchev–Trinajstić information content (AvgIpc) is 2.59. The van der Waals surface area contributed by atoms with Gasteiger partial charge in [-0.25, -0.2) is 4.98 Å². The Balaban J connectivity index is 2.37. The highest BCUT2D eigenvalue weighted by atomic mass is 32.1. The number of aryl methyl sites for hydroxylation is 1. The monoisotopic (exact) mass is 214 g/mol. The maximum atomic E-state index is 11.4. The molecule has 0 saturated heterocycles. The van der Waals surface area contributed by atoms with Gasteiger partial charge in [-0.1, -0.05) is 0 Å². The minimum absolute atomic E-state index is 0.0559. The highest BCUT2D eigenvalue weighted by Crippen LogP contribution is 2.09. The van der Waals surface area contributed by atoms with Gasteiger partial charge in [0.2, 0.25) is 11.0 Å². The summed E-state index contributed by atoms with van der Waals surface area (Å²) < 4.78 is 4.00. The number of hydrogen-bond acceptors (Lipinski definition) is 5. The highest BCUT2D eigenvalue weighted by molar-refractivity contribution is 7.09. The molecule has 0 aliphatic heterocycles. The zero-order valence-electron chi connectivity index (χ0n) is 8.57. The third kappa shape index (κ3) is 2.95. The summed E-state index contributed by atoms with van der Waals surface area (Å²) in [5, 5.41) is 3.63. The summed E-state index contributed by atoms with van der Waals surface area (Å²) in [6.07, 6.45) is 0. The second-order valence-electron chi connectivity index (χ2n) is 2.91. The van der Waals surface area contributed by atoms with Crippen molar-refractivity contribution in [2.75, 3.05) is 25.5 Å². The van der Waals surface area contributed by atoms with E-state index in [0.29, 0.717) is 5.13 Å². The molecule has 0 radical (unpaired) electrons. The van der Waals surface area contributed by atoms with Gasteiger partial charge in [-0.3, -0.25) is 4.79 Å². The lowest BCUT2D eigenvalue weighted by Crippen LogP contribution is -2.31. The van der Waals surface area contributed by atoms with Crippen LogP contribution in [0.4, 0.5) is 5.13 Å². The van der Waals surface area contributed by atoms with Crippen LogP contribution < -0.4 is 5.32 Å². The highest BCUT2D eigenvalue weighted by Gasteiger charge is 2.07. The molecule has 0 aliphatic rings. The topological polar surface area (TPSA) is 58.1 Å². The Labute approximate surface area is 87.3 Å². The van der Waals surface area contributed by atoms with E-state index < -0.39 is 0 Å². The lowest BCUT2D eigenvalue weighted by Gasteiger charge is -2.13. The van der Waals surface area contributed by atoms with E-state index >= 15 is 0 Å². The predicted octanol–water partition coefficient (Wildman–Crippen LogP) is 0.737. The van der Waals surface area contributed by atoms with Crippen LogP contribution in [0.3, 0.4) is 0 Å². The van der Waals surface area contributed by atoms with Crippen LogP contribution in [0.15, 0.2) is 0 Å². The average molecular weight is 214 g/mol. The normalized spacial score (nSPS) is 9.93.